The van der Waals surface area contributed by atoms with Crippen LogP contribution in [0, 0.1) is 0 Å². The predicted octanol–water partition coefficient (Wildman–Crippen LogP) is 3.73. The number of piperazine rings is 1. The summed E-state index contributed by atoms with van der Waals surface area (Å²) in [5, 5.41) is 6.82. The van der Waals surface area contributed by atoms with E-state index in [4.69, 9.17) is 5.10 Å². The van der Waals surface area contributed by atoms with E-state index < -0.39 is 0 Å². The molecule has 162 valence electrons. The van der Waals surface area contributed by atoms with E-state index in [1.807, 2.05) is 70.7 Å². The number of para-hydroxylation sites is 1. The number of amides is 1. The highest BCUT2D eigenvalue weighted by Gasteiger charge is 2.35. The zero-order chi connectivity index (χ0) is 21.8. The van der Waals surface area contributed by atoms with Crippen molar-refractivity contribution in [3.8, 4) is 0 Å². The summed E-state index contributed by atoms with van der Waals surface area (Å²) in [5.74, 6) is 0.0605. The van der Waals surface area contributed by atoms with Crippen molar-refractivity contribution in [2.75, 3.05) is 31.2 Å². The molecule has 6 nitrogen and oxygen atoms in total. The van der Waals surface area contributed by atoms with Gasteiger partial charge in [-0.2, -0.15) is 5.10 Å². The minimum atomic E-state index is 0.0319. The number of nitrogens with zero attached hydrogens (tertiary/aromatic N) is 5. The highest BCUT2D eigenvalue weighted by Crippen LogP contribution is 2.35. The van der Waals surface area contributed by atoms with Gasteiger partial charge in [-0.05, 0) is 29.3 Å². The van der Waals surface area contributed by atoms with Crippen molar-refractivity contribution >= 4 is 17.3 Å². The van der Waals surface area contributed by atoms with Gasteiger partial charge < -0.3 is 4.90 Å². The smallest absolute Gasteiger partial charge is 0.270 e. The zero-order valence-electron chi connectivity index (χ0n) is 18.0. The molecule has 2 aromatic carbocycles. The van der Waals surface area contributed by atoms with E-state index in [2.05, 4.69) is 28.1 Å². The second-order valence-corrected chi connectivity index (χ2v) is 8.29. The quantitative estimate of drug-likeness (QED) is 0.625. The lowest BCUT2D eigenvalue weighted by atomic mass is 10.0. The molecule has 2 aliphatic rings. The Labute approximate surface area is 188 Å². The molecule has 0 saturated carbocycles. The maximum atomic E-state index is 13.4. The van der Waals surface area contributed by atoms with Crippen LogP contribution in [0.3, 0.4) is 0 Å². The fraction of sp³-hybridized carbons (Fsp3) is 0.269. The molecule has 1 unspecified atom stereocenters. The molecule has 5 rings (SSSR count). The van der Waals surface area contributed by atoms with Crippen LogP contribution in [0.2, 0.25) is 0 Å². The first-order valence-corrected chi connectivity index (χ1v) is 11.2. The fourth-order valence-corrected chi connectivity index (χ4v) is 4.43. The van der Waals surface area contributed by atoms with E-state index in [0.717, 1.165) is 38.4 Å². The minimum absolute atomic E-state index is 0.0319. The first-order valence-electron chi connectivity index (χ1n) is 11.2. The van der Waals surface area contributed by atoms with Crippen molar-refractivity contribution in [1.82, 2.24) is 14.8 Å². The van der Waals surface area contributed by atoms with Crippen LogP contribution in [0.15, 0.2) is 90.3 Å². The van der Waals surface area contributed by atoms with Gasteiger partial charge in [0.1, 0.15) is 5.71 Å². The molecule has 0 aliphatic carbocycles. The Balaban J connectivity index is 1.28. The lowest BCUT2D eigenvalue weighted by molar-refractivity contribution is -0.125. The second kappa shape index (κ2) is 9.32. The maximum absolute atomic E-state index is 13.4. The van der Waals surface area contributed by atoms with Crippen LogP contribution in [0.5, 0.6) is 0 Å². The van der Waals surface area contributed by atoms with Crippen molar-refractivity contribution in [3.63, 3.8) is 0 Å². The first-order chi connectivity index (χ1) is 15.8. The van der Waals surface area contributed by atoms with E-state index in [1.54, 1.807) is 6.20 Å². The Kier molecular flexibility index (Phi) is 5.94. The van der Waals surface area contributed by atoms with Crippen LogP contribution < -0.4 is 5.01 Å². The van der Waals surface area contributed by atoms with Gasteiger partial charge in [0.05, 0.1) is 11.7 Å². The van der Waals surface area contributed by atoms with Crippen LogP contribution >= 0.6 is 0 Å². The van der Waals surface area contributed by atoms with E-state index >= 15 is 0 Å². The van der Waals surface area contributed by atoms with Gasteiger partial charge in [-0.1, -0.05) is 54.6 Å². The molecule has 1 atom stereocenters. The molecular formula is C26H27N5O. The summed E-state index contributed by atoms with van der Waals surface area (Å²) in [6.45, 7) is 4.03. The van der Waals surface area contributed by atoms with Gasteiger partial charge in [0.15, 0.2) is 0 Å². The van der Waals surface area contributed by atoms with E-state index in [9.17, 15) is 4.79 Å². The molecule has 0 spiro atoms. The molecule has 0 radical (unpaired) electrons. The number of aromatic nitrogens is 1. The Morgan fingerprint density at radius 1 is 0.875 bits per heavy atom. The summed E-state index contributed by atoms with van der Waals surface area (Å²) < 4.78 is 0. The summed E-state index contributed by atoms with van der Waals surface area (Å²) in [4.78, 5) is 21.9. The largest absolute Gasteiger partial charge is 0.335 e. The molecule has 6 heteroatoms. The molecule has 2 aliphatic heterocycles. The Hall–Kier alpha value is -3.51. The normalized spacial score (nSPS) is 19.1. The van der Waals surface area contributed by atoms with Gasteiger partial charge in [0.25, 0.3) is 5.91 Å². The van der Waals surface area contributed by atoms with Crippen LogP contribution in [0.4, 0.5) is 5.69 Å². The fourth-order valence-electron chi connectivity index (χ4n) is 4.43. The monoisotopic (exact) mass is 425 g/mol. The van der Waals surface area contributed by atoms with Gasteiger partial charge in [0, 0.05) is 51.5 Å². The van der Waals surface area contributed by atoms with Gasteiger partial charge in [-0.3, -0.25) is 19.7 Å². The summed E-state index contributed by atoms with van der Waals surface area (Å²) in [6, 6.07) is 24.5. The summed E-state index contributed by atoms with van der Waals surface area (Å²) >= 11 is 0. The highest BCUT2D eigenvalue weighted by molar-refractivity contribution is 6.39. The molecule has 3 aromatic rings. The Morgan fingerprint density at radius 3 is 2.28 bits per heavy atom. The third kappa shape index (κ3) is 4.41. The predicted molar refractivity (Wildman–Crippen MR) is 126 cm³/mol. The average Bonchev–Trinajstić information content (AvgIpc) is 3.31. The van der Waals surface area contributed by atoms with Crippen molar-refractivity contribution in [2.24, 2.45) is 5.10 Å². The third-order valence-electron chi connectivity index (χ3n) is 6.15. The molecule has 32 heavy (non-hydrogen) atoms. The van der Waals surface area contributed by atoms with Gasteiger partial charge in [-0.15, -0.1) is 0 Å². The number of carbonyl (C=O) groups is 1. The molecule has 1 fully saturated rings. The number of hydrazone groups is 1. The Bertz CT molecular complexity index is 1060. The number of hydrogen-bond acceptors (Lipinski definition) is 5. The highest BCUT2D eigenvalue weighted by atomic mass is 16.2. The summed E-state index contributed by atoms with van der Waals surface area (Å²) in [5.41, 5.74) is 4.02. The molecule has 3 heterocycles. The molecule has 1 aromatic heterocycles. The van der Waals surface area contributed by atoms with E-state index in [1.165, 1.54) is 11.1 Å². The average molecular weight is 426 g/mol. The lowest BCUT2D eigenvalue weighted by Gasteiger charge is -2.34. The number of pyridine rings is 1. The summed E-state index contributed by atoms with van der Waals surface area (Å²) in [6.07, 6.45) is 4.32. The van der Waals surface area contributed by atoms with Crippen molar-refractivity contribution < 1.29 is 4.79 Å². The molecule has 0 N–H and O–H groups in total. The van der Waals surface area contributed by atoms with E-state index in [0.29, 0.717) is 12.1 Å². The number of benzene rings is 2. The van der Waals surface area contributed by atoms with Gasteiger partial charge in [0.2, 0.25) is 0 Å². The number of anilines is 1. The Morgan fingerprint density at radius 2 is 1.59 bits per heavy atom. The van der Waals surface area contributed by atoms with Crippen LogP contribution in [0.25, 0.3) is 0 Å². The van der Waals surface area contributed by atoms with Crippen LogP contribution in [0.1, 0.15) is 23.6 Å². The molecule has 0 bridgehead atoms. The van der Waals surface area contributed by atoms with Crippen molar-refractivity contribution in [3.05, 3.63) is 96.3 Å². The van der Waals surface area contributed by atoms with Gasteiger partial charge in [-0.25, -0.2) is 0 Å². The first kappa shape index (κ1) is 20.4. The molecule has 1 amide bonds. The van der Waals surface area contributed by atoms with Crippen molar-refractivity contribution in [2.45, 2.75) is 19.0 Å². The number of carbonyl (C=O) groups excluding carboxylic acids is 1. The lowest BCUT2D eigenvalue weighted by Crippen LogP contribution is -2.50. The van der Waals surface area contributed by atoms with Crippen LogP contribution in [-0.2, 0) is 11.3 Å². The van der Waals surface area contributed by atoms with E-state index in [-0.39, 0.29) is 11.9 Å². The van der Waals surface area contributed by atoms with Gasteiger partial charge >= 0.3 is 0 Å². The third-order valence-corrected chi connectivity index (χ3v) is 6.15. The molecular weight excluding hydrogens is 398 g/mol. The zero-order valence-corrected chi connectivity index (χ0v) is 18.0. The SMILES string of the molecule is O=C(C1=NN(c2ccccc2)C(c2ccccc2)C1)N1CCN(Cc2cccnc2)CC1. The minimum Gasteiger partial charge on any atom is -0.335 e. The maximum Gasteiger partial charge on any atom is 0.270 e. The van der Waals surface area contributed by atoms with Crippen molar-refractivity contribution in [1.29, 1.82) is 0 Å². The topological polar surface area (TPSA) is 52.0 Å². The number of hydrogen-bond donors (Lipinski definition) is 0. The second-order valence-electron chi connectivity index (χ2n) is 8.29. The van der Waals surface area contributed by atoms with Crippen LogP contribution in [-0.4, -0.2) is 52.6 Å². The number of rotatable bonds is 5. The summed E-state index contributed by atoms with van der Waals surface area (Å²) in [7, 11) is 0. The standard InChI is InChI=1S/C26H27N5O/c32-26(30-16-14-29(15-17-30)20-21-8-7-13-27-19-21)24-18-25(22-9-3-1-4-10-22)31(28-24)23-11-5-2-6-12-23/h1-13,19,25H,14-18,20H2. The molecule has 1 saturated heterocycles.